The summed E-state index contributed by atoms with van der Waals surface area (Å²) in [5.74, 6) is -0.373. The van der Waals surface area contributed by atoms with Gasteiger partial charge in [0.25, 0.3) is 0 Å². The monoisotopic (exact) mass is 1030 g/mol. The van der Waals surface area contributed by atoms with Crippen molar-refractivity contribution in [2.75, 3.05) is 33.0 Å². The number of carbonyl (C=O) groups excluding carboxylic acids is 1. The molecule has 0 aromatic carbocycles. The molecule has 11 unspecified atom stereocenters. The lowest BCUT2D eigenvalue weighted by atomic mass is 9.98. The van der Waals surface area contributed by atoms with E-state index in [1.807, 2.05) is 0 Å². The van der Waals surface area contributed by atoms with E-state index in [9.17, 15) is 40.5 Å². The lowest BCUT2D eigenvalue weighted by molar-refractivity contribution is -0.332. The second-order valence-corrected chi connectivity index (χ2v) is 20.8. The van der Waals surface area contributed by atoms with Crippen molar-refractivity contribution >= 4 is 5.97 Å². The van der Waals surface area contributed by atoms with Crippen molar-refractivity contribution in [3.8, 4) is 0 Å². The molecule has 2 fully saturated rings. The van der Waals surface area contributed by atoms with Crippen LogP contribution in [-0.4, -0.2) is 142 Å². The third-order valence-electron chi connectivity index (χ3n) is 14.2. The predicted molar refractivity (Wildman–Crippen MR) is 284 cm³/mol. The number of aliphatic hydroxyl groups excluding tert-OH is 7. The standard InChI is InChI=1S/C58H108O14/c1-3-5-7-9-11-13-15-17-19-21-23-24-25-27-29-31-33-35-37-39-41-50(60)70-47(44-67-42-40-38-36-34-32-30-28-26-22-20-18-16-14-12-10-8-6-4-2)45-68-57-56(66)54(64)52(62)49(72-57)46-69-58-55(65)53(63)51(61)48(43-59)71-58/h12,14,18,20,47-49,51-59,61-66H,3-11,13,15-17,19,21-46H2,1-2H3/b14-12-,20-18-. The molecule has 2 heterocycles. The maximum atomic E-state index is 13.1. The second-order valence-electron chi connectivity index (χ2n) is 20.8. The Bertz CT molecular complexity index is 1290. The van der Waals surface area contributed by atoms with Crippen molar-refractivity contribution in [1.29, 1.82) is 0 Å². The van der Waals surface area contributed by atoms with E-state index >= 15 is 0 Å². The highest BCUT2D eigenvalue weighted by molar-refractivity contribution is 5.69. The largest absolute Gasteiger partial charge is 0.457 e. The van der Waals surface area contributed by atoms with Gasteiger partial charge in [0.05, 0.1) is 26.4 Å². The van der Waals surface area contributed by atoms with E-state index in [0.717, 1.165) is 51.4 Å². The van der Waals surface area contributed by atoms with Crippen LogP contribution < -0.4 is 0 Å². The summed E-state index contributed by atoms with van der Waals surface area (Å²) in [4.78, 5) is 13.1. The number of rotatable bonds is 48. The first-order valence-electron chi connectivity index (χ1n) is 29.4. The first-order chi connectivity index (χ1) is 35.1. The van der Waals surface area contributed by atoms with Crippen molar-refractivity contribution in [2.24, 2.45) is 0 Å². The van der Waals surface area contributed by atoms with Crippen molar-refractivity contribution in [1.82, 2.24) is 0 Å². The zero-order chi connectivity index (χ0) is 52.3. The van der Waals surface area contributed by atoms with Crippen LogP contribution in [0.25, 0.3) is 0 Å². The highest BCUT2D eigenvalue weighted by Gasteiger charge is 2.47. The van der Waals surface area contributed by atoms with E-state index in [1.165, 1.54) is 161 Å². The Labute approximate surface area is 437 Å². The average molecular weight is 1030 g/mol. The van der Waals surface area contributed by atoms with Gasteiger partial charge in [-0.3, -0.25) is 4.79 Å². The molecular weight excluding hydrogens is 921 g/mol. The van der Waals surface area contributed by atoms with E-state index in [-0.39, 0.29) is 25.6 Å². The van der Waals surface area contributed by atoms with Gasteiger partial charge in [0.2, 0.25) is 0 Å². The minimum Gasteiger partial charge on any atom is -0.457 e. The molecule has 72 heavy (non-hydrogen) atoms. The van der Waals surface area contributed by atoms with Crippen LogP contribution in [0.5, 0.6) is 0 Å². The number of esters is 1. The number of ether oxygens (including phenoxy) is 6. The molecule has 2 aliphatic rings. The third kappa shape index (κ3) is 32.1. The molecule has 0 aromatic rings. The Morgan fingerprint density at radius 3 is 1.36 bits per heavy atom. The number of hydrogen-bond acceptors (Lipinski definition) is 14. The van der Waals surface area contributed by atoms with E-state index in [1.54, 1.807) is 0 Å². The van der Waals surface area contributed by atoms with Gasteiger partial charge in [0.15, 0.2) is 12.6 Å². The van der Waals surface area contributed by atoms with Gasteiger partial charge in [-0.2, -0.15) is 0 Å². The number of unbranched alkanes of at least 4 members (excludes halogenated alkanes) is 30. The van der Waals surface area contributed by atoms with E-state index < -0.39 is 80.7 Å². The molecule has 0 aromatic heterocycles. The van der Waals surface area contributed by atoms with Crippen molar-refractivity contribution < 1.29 is 69.0 Å². The van der Waals surface area contributed by atoms with Crippen molar-refractivity contribution in [3.05, 3.63) is 24.3 Å². The molecule has 2 saturated heterocycles. The van der Waals surface area contributed by atoms with Gasteiger partial charge in [-0.25, -0.2) is 0 Å². The Balaban J connectivity index is 1.71. The molecule has 0 radical (unpaired) electrons. The first-order valence-corrected chi connectivity index (χ1v) is 29.4. The van der Waals surface area contributed by atoms with Gasteiger partial charge in [-0.15, -0.1) is 0 Å². The summed E-state index contributed by atoms with van der Waals surface area (Å²) in [6.07, 6.45) is 35.2. The molecule has 424 valence electrons. The fourth-order valence-electron chi connectivity index (χ4n) is 9.44. The lowest BCUT2D eigenvalue weighted by Crippen LogP contribution is -2.61. The summed E-state index contributed by atoms with van der Waals surface area (Å²) in [5, 5.41) is 72.3. The van der Waals surface area contributed by atoms with Gasteiger partial charge < -0.3 is 64.2 Å². The van der Waals surface area contributed by atoms with Crippen LogP contribution in [0.3, 0.4) is 0 Å². The van der Waals surface area contributed by atoms with E-state index in [0.29, 0.717) is 13.0 Å². The number of aliphatic hydroxyl groups is 7. The maximum Gasteiger partial charge on any atom is 0.306 e. The van der Waals surface area contributed by atoms with Crippen LogP contribution in [0.2, 0.25) is 0 Å². The maximum absolute atomic E-state index is 13.1. The Kier molecular flexibility index (Phi) is 42.2. The molecule has 7 N–H and O–H groups in total. The SMILES string of the molecule is CCCCC/C=C\C/C=C\CCCCCCCCCCOCC(COC1OC(COC2OC(CO)C(O)C(O)C2O)C(O)C(O)C1O)OC(=O)CCCCCCCCCCCCCCCCCCCCCC. The summed E-state index contributed by atoms with van der Waals surface area (Å²) >= 11 is 0. The molecule has 0 spiro atoms. The molecule has 2 aliphatic heterocycles. The predicted octanol–water partition coefficient (Wildman–Crippen LogP) is 10.4. The van der Waals surface area contributed by atoms with Crippen LogP contribution in [0.4, 0.5) is 0 Å². The molecule has 14 heteroatoms. The summed E-state index contributed by atoms with van der Waals surface area (Å²) in [7, 11) is 0. The van der Waals surface area contributed by atoms with Crippen molar-refractivity contribution in [2.45, 2.75) is 306 Å². The number of hydrogen-bond donors (Lipinski definition) is 7. The highest BCUT2D eigenvalue weighted by atomic mass is 16.7. The average Bonchev–Trinajstić information content (AvgIpc) is 3.38. The molecule has 0 saturated carbocycles. The van der Waals surface area contributed by atoms with E-state index in [2.05, 4.69) is 38.2 Å². The molecule has 0 bridgehead atoms. The normalized spacial score (nSPS) is 25.2. The van der Waals surface area contributed by atoms with Crippen LogP contribution in [-0.2, 0) is 33.2 Å². The molecule has 0 amide bonds. The summed E-state index contributed by atoms with van der Waals surface area (Å²) < 4.78 is 34.4. The number of allylic oxidation sites excluding steroid dienone is 4. The zero-order valence-electron chi connectivity index (χ0n) is 45.4. The van der Waals surface area contributed by atoms with Crippen molar-refractivity contribution in [3.63, 3.8) is 0 Å². The van der Waals surface area contributed by atoms with Gasteiger partial charge in [-0.05, 0) is 44.9 Å². The third-order valence-corrected chi connectivity index (χ3v) is 14.2. The Morgan fingerprint density at radius 2 is 0.861 bits per heavy atom. The molecule has 11 atom stereocenters. The number of carbonyl (C=O) groups is 1. The Hall–Kier alpha value is -1.53. The lowest BCUT2D eigenvalue weighted by Gasteiger charge is -2.42. The minimum atomic E-state index is -1.71. The first kappa shape index (κ1) is 66.6. The minimum absolute atomic E-state index is 0.0618. The van der Waals surface area contributed by atoms with E-state index in [4.69, 9.17) is 28.4 Å². The topological polar surface area (TPSA) is 214 Å². The summed E-state index contributed by atoms with van der Waals surface area (Å²) in [5.41, 5.74) is 0. The Morgan fingerprint density at radius 1 is 0.458 bits per heavy atom. The molecular formula is C58H108O14. The van der Waals surface area contributed by atoms with Gasteiger partial charge >= 0.3 is 5.97 Å². The van der Waals surface area contributed by atoms with Crippen LogP contribution in [0.15, 0.2) is 24.3 Å². The second kappa shape index (κ2) is 45.6. The fourth-order valence-corrected chi connectivity index (χ4v) is 9.44. The molecule has 2 rings (SSSR count). The highest BCUT2D eigenvalue weighted by Crippen LogP contribution is 2.27. The fraction of sp³-hybridized carbons (Fsp3) is 0.914. The molecule has 14 nitrogen and oxygen atoms in total. The summed E-state index contributed by atoms with van der Waals surface area (Å²) in [6.45, 7) is 3.70. The van der Waals surface area contributed by atoms with Crippen LogP contribution in [0, 0.1) is 0 Å². The molecule has 0 aliphatic carbocycles. The smallest absolute Gasteiger partial charge is 0.306 e. The quantitative estimate of drug-likeness (QED) is 0.0172. The van der Waals surface area contributed by atoms with Gasteiger partial charge in [0.1, 0.15) is 54.9 Å². The zero-order valence-corrected chi connectivity index (χ0v) is 45.4. The van der Waals surface area contributed by atoms with Crippen LogP contribution in [0.1, 0.15) is 239 Å². The van der Waals surface area contributed by atoms with Gasteiger partial charge in [0, 0.05) is 13.0 Å². The summed E-state index contributed by atoms with van der Waals surface area (Å²) in [6, 6.07) is 0. The van der Waals surface area contributed by atoms with Gasteiger partial charge in [-0.1, -0.05) is 212 Å². The van der Waals surface area contributed by atoms with Crippen LogP contribution >= 0.6 is 0 Å².